The van der Waals surface area contributed by atoms with Gasteiger partial charge in [0.2, 0.25) is 0 Å². The fraction of sp³-hybridized carbons (Fsp3) is 0.179. The zero-order valence-electron chi connectivity index (χ0n) is 19.3. The van der Waals surface area contributed by atoms with E-state index in [1.807, 2.05) is 17.5 Å². The number of nitrogens with one attached hydrogen (secondary N) is 1. The zero-order chi connectivity index (χ0) is 24.6. The Labute approximate surface area is 217 Å². The van der Waals surface area contributed by atoms with Crippen LogP contribution in [0, 0.1) is 11.3 Å². The highest BCUT2D eigenvalue weighted by atomic mass is 35.5. The van der Waals surface area contributed by atoms with Gasteiger partial charge in [-0.15, -0.1) is 11.3 Å². The Hall–Kier alpha value is -3.86. The molecule has 1 saturated heterocycles. The summed E-state index contributed by atoms with van der Waals surface area (Å²) >= 11 is 7.82. The van der Waals surface area contributed by atoms with Crippen molar-refractivity contribution in [3.63, 3.8) is 0 Å². The zero-order valence-corrected chi connectivity index (χ0v) is 20.9. The number of halogens is 1. The second-order valence-corrected chi connectivity index (χ2v) is 10.2. The van der Waals surface area contributed by atoms with Crippen molar-refractivity contribution >= 4 is 39.7 Å². The van der Waals surface area contributed by atoms with Crippen LogP contribution in [0.5, 0.6) is 5.75 Å². The van der Waals surface area contributed by atoms with Crippen LogP contribution in [-0.4, -0.2) is 33.4 Å². The Balaban J connectivity index is 1.59. The summed E-state index contributed by atoms with van der Waals surface area (Å²) in [6.07, 6.45) is 3.71. The highest BCUT2D eigenvalue weighted by Crippen LogP contribution is 2.42. The van der Waals surface area contributed by atoms with Crippen LogP contribution < -0.4 is 4.90 Å². The summed E-state index contributed by atoms with van der Waals surface area (Å²) in [5.41, 5.74) is 5.82. The number of phenols is 1. The summed E-state index contributed by atoms with van der Waals surface area (Å²) < 4.78 is 0. The van der Waals surface area contributed by atoms with Gasteiger partial charge in [-0.3, -0.25) is 5.10 Å². The molecule has 6 rings (SSSR count). The number of anilines is 1. The van der Waals surface area contributed by atoms with Crippen molar-refractivity contribution in [1.82, 2.24) is 15.2 Å². The first-order chi connectivity index (χ1) is 17.6. The number of hydrogen-bond donors (Lipinski definition) is 2. The van der Waals surface area contributed by atoms with E-state index >= 15 is 0 Å². The van der Waals surface area contributed by atoms with E-state index in [2.05, 4.69) is 45.4 Å². The van der Waals surface area contributed by atoms with Gasteiger partial charge < -0.3 is 10.0 Å². The molecule has 1 aliphatic rings. The third-order valence-corrected chi connectivity index (χ3v) is 7.87. The molecule has 1 fully saturated rings. The maximum Gasteiger partial charge on any atom is 0.182 e. The third kappa shape index (κ3) is 3.89. The maximum absolute atomic E-state index is 10.4. The lowest BCUT2D eigenvalue weighted by Gasteiger charge is -2.29. The van der Waals surface area contributed by atoms with Crippen molar-refractivity contribution < 1.29 is 5.11 Å². The first kappa shape index (κ1) is 22.6. The van der Waals surface area contributed by atoms with Crippen molar-refractivity contribution in [2.45, 2.75) is 19.3 Å². The van der Waals surface area contributed by atoms with E-state index < -0.39 is 0 Å². The molecule has 0 radical (unpaired) electrons. The number of H-pyrrole nitrogens is 1. The predicted octanol–water partition coefficient (Wildman–Crippen LogP) is 7.24. The van der Waals surface area contributed by atoms with E-state index in [0.29, 0.717) is 22.5 Å². The molecule has 0 spiro atoms. The number of phenolic OH excluding ortho intramolecular Hbond substituents is 1. The number of fused-ring (bicyclic) bond motifs is 1. The normalized spacial score (nSPS) is 13.7. The number of piperidine rings is 1. The summed E-state index contributed by atoms with van der Waals surface area (Å²) in [4.78, 5) is 8.23. The van der Waals surface area contributed by atoms with E-state index in [-0.39, 0.29) is 10.8 Å². The Bertz CT molecular complexity index is 1600. The molecule has 1 aliphatic heterocycles. The van der Waals surface area contributed by atoms with Gasteiger partial charge >= 0.3 is 0 Å². The molecule has 5 aromatic rings. The van der Waals surface area contributed by atoms with Gasteiger partial charge in [0.25, 0.3) is 0 Å². The van der Waals surface area contributed by atoms with Crippen LogP contribution in [0.4, 0.5) is 5.69 Å². The van der Waals surface area contributed by atoms with Gasteiger partial charge in [0, 0.05) is 29.9 Å². The molecule has 36 heavy (non-hydrogen) atoms. The molecule has 8 heteroatoms. The molecule has 0 bridgehead atoms. The lowest BCUT2D eigenvalue weighted by Crippen LogP contribution is -2.29. The van der Waals surface area contributed by atoms with Crippen LogP contribution >= 0.6 is 22.9 Å². The molecule has 3 aromatic heterocycles. The number of aromatic amines is 1. The molecule has 0 saturated carbocycles. The molecule has 178 valence electrons. The highest BCUT2D eigenvalue weighted by Gasteiger charge is 2.24. The molecule has 0 amide bonds. The van der Waals surface area contributed by atoms with Gasteiger partial charge in [0.1, 0.15) is 11.8 Å². The van der Waals surface area contributed by atoms with Gasteiger partial charge in [-0.25, -0.2) is 4.98 Å². The van der Waals surface area contributed by atoms with Crippen LogP contribution in [0.1, 0.15) is 24.8 Å². The van der Waals surface area contributed by atoms with Gasteiger partial charge in [0.15, 0.2) is 5.65 Å². The average Bonchev–Trinajstić information content (AvgIpc) is 3.60. The molecular weight excluding hydrogens is 490 g/mol. The summed E-state index contributed by atoms with van der Waals surface area (Å²) in [5.74, 6) is -0.0201. The number of aromatic hydroxyl groups is 1. The van der Waals surface area contributed by atoms with E-state index in [4.69, 9.17) is 16.6 Å². The van der Waals surface area contributed by atoms with Crippen LogP contribution in [0.25, 0.3) is 44.0 Å². The number of benzene rings is 2. The molecule has 0 atom stereocenters. The van der Waals surface area contributed by atoms with E-state index in [0.717, 1.165) is 40.2 Å². The van der Waals surface area contributed by atoms with Crippen molar-refractivity contribution in [1.29, 1.82) is 5.26 Å². The van der Waals surface area contributed by atoms with E-state index in [1.54, 1.807) is 23.5 Å². The van der Waals surface area contributed by atoms with Gasteiger partial charge in [-0.05, 0) is 66.6 Å². The fourth-order valence-corrected chi connectivity index (χ4v) is 5.81. The number of nitriles is 1. The lowest BCUT2D eigenvalue weighted by molar-refractivity contribution is 0.475. The minimum absolute atomic E-state index is 0.0201. The number of nitrogens with zero attached hydrogens (tertiary/aromatic N) is 4. The summed E-state index contributed by atoms with van der Waals surface area (Å²) in [6, 6.07) is 19.7. The van der Waals surface area contributed by atoms with Crippen LogP contribution in [0.2, 0.25) is 5.02 Å². The minimum Gasteiger partial charge on any atom is -0.506 e. The first-order valence-electron chi connectivity index (χ1n) is 11.8. The average molecular weight is 512 g/mol. The van der Waals surface area contributed by atoms with Crippen LogP contribution in [0.3, 0.4) is 0 Å². The molecule has 0 aliphatic carbocycles. The SMILES string of the molecule is N#Cc1c(-c2ccc(O)c(Cl)c2)nc2n[nH]c(-c3cccs3)c2c1-c1ccc(N2CCCCC2)cc1. The minimum atomic E-state index is -0.0201. The quantitative estimate of drug-likeness (QED) is 0.265. The number of rotatable bonds is 4. The molecule has 4 heterocycles. The van der Waals surface area contributed by atoms with Crippen molar-refractivity contribution in [2.24, 2.45) is 0 Å². The Morgan fingerprint density at radius 2 is 1.81 bits per heavy atom. The molecule has 6 nitrogen and oxygen atoms in total. The summed E-state index contributed by atoms with van der Waals surface area (Å²) in [6.45, 7) is 2.14. The van der Waals surface area contributed by atoms with Crippen molar-refractivity contribution in [3.8, 4) is 44.8 Å². The second-order valence-electron chi connectivity index (χ2n) is 8.86. The van der Waals surface area contributed by atoms with E-state index in [9.17, 15) is 10.4 Å². The fourth-order valence-electron chi connectivity index (χ4n) is 4.91. The maximum atomic E-state index is 10.4. The first-order valence-corrected chi connectivity index (χ1v) is 13.1. The van der Waals surface area contributed by atoms with Crippen LogP contribution in [-0.2, 0) is 0 Å². The summed E-state index contributed by atoms with van der Waals surface area (Å²) in [5, 5.41) is 31.0. The highest BCUT2D eigenvalue weighted by molar-refractivity contribution is 7.13. The third-order valence-electron chi connectivity index (χ3n) is 6.68. The standard InChI is InChI=1S/C28H22ClN5OS/c29-21-15-18(8-11-22(21)35)26-20(16-30)24(17-6-9-19(10-7-17)34-12-2-1-3-13-34)25-27(23-5-4-14-36-23)32-33-28(25)31-26/h4-11,14-15,35H,1-3,12-13H2,(H,31,32,33). The van der Waals surface area contributed by atoms with Gasteiger partial charge in [0.05, 0.1) is 32.2 Å². The number of aromatic nitrogens is 3. The van der Waals surface area contributed by atoms with Gasteiger partial charge in [-0.1, -0.05) is 29.8 Å². The van der Waals surface area contributed by atoms with Crippen LogP contribution in [0.15, 0.2) is 60.0 Å². The largest absolute Gasteiger partial charge is 0.506 e. The van der Waals surface area contributed by atoms with Crippen molar-refractivity contribution in [2.75, 3.05) is 18.0 Å². The van der Waals surface area contributed by atoms with Crippen molar-refractivity contribution in [3.05, 3.63) is 70.6 Å². The van der Waals surface area contributed by atoms with Gasteiger partial charge in [-0.2, -0.15) is 10.4 Å². The Kier molecular flexibility index (Phi) is 5.84. The smallest absolute Gasteiger partial charge is 0.182 e. The lowest BCUT2D eigenvalue weighted by atomic mass is 9.92. The molecule has 2 aromatic carbocycles. The molecular formula is C28H22ClN5OS. The predicted molar refractivity (Wildman–Crippen MR) is 146 cm³/mol. The Morgan fingerprint density at radius 1 is 1.03 bits per heavy atom. The van der Waals surface area contributed by atoms with E-state index in [1.165, 1.54) is 31.0 Å². The second kappa shape index (κ2) is 9.30. The Morgan fingerprint density at radius 3 is 2.50 bits per heavy atom. The molecule has 0 unspecified atom stereocenters. The summed E-state index contributed by atoms with van der Waals surface area (Å²) in [7, 11) is 0. The number of pyridine rings is 1. The monoisotopic (exact) mass is 511 g/mol. The number of thiophene rings is 1. The molecule has 2 N–H and O–H groups in total. The number of hydrogen-bond acceptors (Lipinski definition) is 6. The topological polar surface area (TPSA) is 88.8 Å².